The van der Waals surface area contributed by atoms with Crippen LogP contribution >= 0.6 is 7.82 Å². The zero-order valence-corrected chi connectivity index (χ0v) is 6.84. The zero-order chi connectivity index (χ0) is 8.20. The highest BCUT2D eigenvalue weighted by molar-refractivity contribution is 7.46. The molecule has 0 saturated heterocycles. The van der Waals surface area contributed by atoms with E-state index in [1.807, 2.05) is 0 Å². The van der Waals surface area contributed by atoms with Gasteiger partial charge in [0.2, 0.25) is 0 Å². The van der Waals surface area contributed by atoms with Crippen molar-refractivity contribution in [1.29, 1.82) is 0 Å². The molecule has 0 aliphatic heterocycles. The van der Waals surface area contributed by atoms with E-state index in [4.69, 9.17) is 9.79 Å². The highest BCUT2D eigenvalue weighted by Gasteiger charge is 2.14. The molecule has 0 aromatic rings. The van der Waals surface area contributed by atoms with Crippen LogP contribution in [0.2, 0.25) is 0 Å². The maximum atomic E-state index is 10.1. The molecule has 5 nitrogen and oxygen atoms in total. The van der Waals surface area contributed by atoms with Gasteiger partial charge in [0.1, 0.15) is 0 Å². The highest BCUT2D eigenvalue weighted by Crippen LogP contribution is 2.35. The summed E-state index contributed by atoms with van der Waals surface area (Å²) in [5.41, 5.74) is 0. The first-order chi connectivity index (χ1) is 4.45. The number of rotatable bonds is 4. The van der Waals surface area contributed by atoms with E-state index in [0.717, 1.165) is 0 Å². The first-order valence-corrected chi connectivity index (χ1v) is 4.36. The van der Waals surface area contributed by atoms with Crippen molar-refractivity contribution in [1.82, 2.24) is 5.32 Å². The summed E-state index contributed by atoms with van der Waals surface area (Å²) in [5.74, 6) is 0. The normalized spacial score (nSPS) is 15.2. The molecule has 10 heavy (non-hydrogen) atoms. The van der Waals surface area contributed by atoms with Crippen molar-refractivity contribution in [2.24, 2.45) is 0 Å². The maximum absolute atomic E-state index is 10.1. The van der Waals surface area contributed by atoms with E-state index < -0.39 is 7.82 Å². The Morgan fingerprint density at radius 2 is 2.20 bits per heavy atom. The molecule has 3 N–H and O–H groups in total. The highest BCUT2D eigenvalue weighted by atomic mass is 31.2. The van der Waals surface area contributed by atoms with Gasteiger partial charge < -0.3 is 15.1 Å². The minimum Gasteiger partial charge on any atom is -0.315 e. The molecule has 1 unspecified atom stereocenters. The molecule has 0 amide bonds. The van der Waals surface area contributed by atoms with Gasteiger partial charge in [0.25, 0.3) is 0 Å². The molecular weight excluding hydrogens is 157 g/mol. The van der Waals surface area contributed by atoms with Crippen LogP contribution in [0.1, 0.15) is 6.92 Å². The molecule has 0 fully saturated rings. The molecule has 0 radical (unpaired) electrons. The van der Waals surface area contributed by atoms with Crippen molar-refractivity contribution in [3.05, 3.63) is 0 Å². The van der Waals surface area contributed by atoms with Crippen LogP contribution in [0.4, 0.5) is 0 Å². The number of likely N-dealkylation sites (N-methyl/N-ethyl adjacent to an activating group) is 1. The van der Waals surface area contributed by atoms with E-state index in [1.54, 1.807) is 14.0 Å². The van der Waals surface area contributed by atoms with Gasteiger partial charge in [0.05, 0.1) is 6.61 Å². The first-order valence-electron chi connectivity index (χ1n) is 2.83. The lowest BCUT2D eigenvalue weighted by molar-refractivity contribution is 0.183. The average molecular weight is 169 g/mol. The summed E-state index contributed by atoms with van der Waals surface area (Å²) < 4.78 is 14.3. The van der Waals surface area contributed by atoms with Gasteiger partial charge in [0, 0.05) is 6.04 Å². The predicted octanol–water partition coefficient (Wildman–Crippen LogP) is -0.296. The van der Waals surface area contributed by atoms with E-state index in [9.17, 15) is 4.57 Å². The number of phosphoric acid groups is 1. The van der Waals surface area contributed by atoms with Gasteiger partial charge in [-0.3, -0.25) is 4.52 Å². The largest absolute Gasteiger partial charge is 0.469 e. The van der Waals surface area contributed by atoms with Crippen molar-refractivity contribution in [2.75, 3.05) is 13.7 Å². The molecule has 0 aromatic heterocycles. The Morgan fingerprint density at radius 1 is 1.70 bits per heavy atom. The van der Waals surface area contributed by atoms with Crippen molar-refractivity contribution >= 4 is 7.82 Å². The van der Waals surface area contributed by atoms with Gasteiger partial charge in [-0.2, -0.15) is 0 Å². The number of nitrogens with one attached hydrogen (secondary N) is 1. The average Bonchev–Trinajstić information content (AvgIpc) is 1.81. The fraction of sp³-hybridized carbons (Fsp3) is 1.00. The molecule has 6 heteroatoms. The molecule has 0 bridgehead atoms. The van der Waals surface area contributed by atoms with Crippen molar-refractivity contribution in [3.63, 3.8) is 0 Å². The van der Waals surface area contributed by atoms with E-state index in [1.165, 1.54) is 0 Å². The molecule has 1 atom stereocenters. The maximum Gasteiger partial charge on any atom is 0.469 e. The summed E-state index contributed by atoms with van der Waals surface area (Å²) in [7, 11) is -2.58. The monoisotopic (exact) mass is 169 g/mol. The predicted molar refractivity (Wildman–Crippen MR) is 36.5 cm³/mol. The fourth-order valence-corrected chi connectivity index (χ4v) is 0.710. The van der Waals surface area contributed by atoms with Crippen LogP contribution in [0.5, 0.6) is 0 Å². The quantitative estimate of drug-likeness (QED) is 0.504. The Bertz CT molecular complexity index is 133. The van der Waals surface area contributed by atoms with Crippen molar-refractivity contribution < 1.29 is 18.9 Å². The molecule has 0 saturated carbocycles. The van der Waals surface area contributed by atoms with E-state index in [0.29, 0.717) is 0 Å². The van der Waals surface area contributed by atoms with Gasteiger partial charge in [-0.15, -0.1) is 0 Å². The summed E-state index contributed by atoms with van der Waals surface area (Å²) in [6, 6.07) is -0.0485. The third-order valence-electron chi connectivity index (χ3n) is 0.986. The lowest BCUT2D eigenvalue weighted by Crippen LogP contribution is -2.26. The first kappa shape index (κ1) is 10.1. The fourth-order valence-electron chi connectivity index (χ4n) is 0.292. The Balaban J connectivity index is 3.46. The van der Waals surface area contributed by atoms with E-state index in [-0.39, 0.29) is 12.6 Å². The number of phosphoric ester groups is 1. The summed E-state index contributed by atoms with van der Waals surface area (Å²) in [6.45, 7) is 1.77. The topological polar surface area (TPSA) is 78.8 Å². The SMILES string of the molecule is CNC(C)COP(=O)(O)O. The van der Waals surface area contributed by atoms with Crippen molar-refractivity contribution in [2.45, 2.75) is 13.0 Å². The van der Waals surface area contributed by atoms with E-state index >= 15 is 0 Å². The summed E-state index contributed by atoms with van der Waals surface area (Å²) in [4.78, 5) is 16.4. The smallest absolute Gasteiger partial charge is 0.315 e. The lowest BCUT2D eigenvalue weighted by atomic mass is 10.4. The molecule has 0 aliphatic rings. The Kier molecular flexibility index (Phi) is 4.08. The molecule has 0 rings (SSSR count). The van der Waals surface area contributed by atoms with Gasteiger partial charge >= 0.3 is 7.82 Å². The van der Waals surface area contributed by atoms with Crippen LogP contribution in [0.15, 0.2) is 0 Å². The number of hydrogen-bond acceptors (Lipinski definition) is 3. The van der Waals surface area contributed by atoms with Gasteiger partial charge in [-0.05, 0) is 14.0 Å². The zero-order valence-electron chi connectivity index (χ0n) is 5.94. The van der Waals surface area contributed by atoms with Crippen molar-refractivity contribution in [3.8, 4) is 0 Å². The molecule has 0 aromatic carbocycles. The van der Waals surface area contributed by atoms with Gasteiger partial charge in [0.15, 0.2) is 0 Å². The third kappa shape index (κ3) is 6.19. The van der Waals surface area contributed by atoms with E-state index in [2.05, 4.69) is 9.84 Å². The minimum atomic E-state index is -4.27. The Hall–Kier alpha value is 0.0700. The van der Waals surface area contributed by atoms with Crippen LogP contribution in [-0.2, 0) is 9.09 Å². The van der Waals surface area contributed by atoms with Gasteiger partial charge in [-0.1, -0.05) is 0 Å². The Morgan fingerprint density at radius 3 is 2.50 bits per heavy atom. The molecule has 0 spiro atoms. The summed E-state index contributed by atoms with van der Waals surface area (Å²) in [6.07, 6.45) is 0. The third-order valence-corrected chi connectivity index (χ3v) is 1.47. The minimum absolute atomic E-state index is 0.0147. The molecular formula is C4H12NO4P. The van der Waals surface area contributed by atoms with Crippen LogP contribution in [0.25, 0.3) is 0 Å². The number of hydrogen-bond donors (Lipinski definition) is 3. The second kappa shape index (κ2) is 4.05. The second-order valence-corrected chi connectivity index (χ2v) is 3.22. The van der Waals surface area contributed by atoms with Crippen LogP contribution < -0.4 is 5.32 Å². The van der Waals surface area contributed by atoms with Crippen LogP contribution in [0.3, 0.4) is 0 Å². The summed E-state index contributed by atoms with van der Waals surface area (Å²) in [5, 5.41) is 2.77. The molecule has 62 valence electrons. The van der Waals surface area contributed by atoms with Crippen LogP contribution in [-0.4, -0.2) is 29.5 Å². The lowest BCUT2D eigenvalue weighted by Gasteiger charge is -2.10. The second-order valence-electron chi connectivity index (χ2n) is 1.98. The molecule has 0 heterocycles. The standard InChI is InChI=1S/C4H12NO4P/c1-4(5-2)3-9-10(6,7)8/h4-5H,3H2,1-2H3,(H2,6,7,8). The Labute approximate surface area is 59.6 Å². The van der Waals surface area contributed by atoms with Crippen LogP contribution in [0, 0.1) is 0 Å². The summed E-state index contributed by atoms with van der Waals surface area (Å²) >= 11 is 0. The molecule has 0 aliphatic carbocycles. The van der Waals surface area contributed by atoms with Gasteiger partial charge in [-0.25, -0.2) is 4.57 Å².